The molecule has 0 aromatic heterocycles. The van der Waals surface area contributed by atoms with E-state index >= 15 is 0 Å². The predicted octanol–water partition coefficient (Wildman–Crippen LogP) is 3.79. The molecule has 4 aromatic rings. The minimum absolute atomic E-state index is 0.0466. The first kappa shape index (κ1) is 16.9. The van der Waals surface area contributed by atoms with Crippen molar-refractivity contribution in [2.45, 2.75) is 6.92 Å². The van der Waals surface area contributed by atoms with Crippen molar-refractivity contribution in [1.82, 2.24) is 0 Å². The van der Waals surface area contributed by atoms with Gasteiger partial charge >= 0.3 is 0 Å². The van der Waals surface area contributed by atoms with Gasteiger partial charge in [-0.2, -0.15) is 0 Å². The van der Waals surface area contributed by atoms with Gasteiger partial charge in [0.25, 0.3) is 0 Å². The Kier molecular flexibility index (Phi) is 3.93. The van der Waals surface area contributed by atoms with E-state index in [9.17, 15) is 15.0 Å². The molecule has 3 nitrogen and oxygen atoms in total. The Morgan fingerprint density at radius 2 is 1.67 bits per heavy atom. The normalized spacial score (nSPS) is 12.0. The molecule has 0 saturated carbocycles. The van der Waals surface area contributed by atoms with Crippen LogP contribution in [0.2, 0.25) is 0 Å². The molecular weight excluding hydrogens is 336 g/mol. The third-order valence-corrected chi connectivity index (χ3v) is 4.95. The number of aryl methyl sites for hydroxylation is 1. The lowest BCUT2D eigenvalue weighted by Crippen LogP contribution is -2.14. The fourth-order valence-electron chi connectivity index (χ4n) is 3.48. The minimum Gasteiger partial charge on any atom is -0.508 e. The molecular formula is C24H18O3. The van der Waals surface area contributed by atoms with Gasteiger partial charge in [0, 0.05) is 16.3 Å². The monoisotopic (exact) mass is 354 g/mol. The van der Waals surface area contributed by atoms with Gasteiger partial charge in [-0.3, -0.25) is 4.79 Å². The van der Waals surface area contributed by atoms with E-state index in [2.05, 4.69) is 6.58 Å². The number of carbonyl (C=O) groups is 1. The summed E-state index contributed by atoms with van der Waals surface area (Å²) < 4.78 is 0. The summed E-state index contributed by atoms with van der Waals surface area (Å²) in [6.45, 7) is 6.06. The van der Waals surface area contributed by atoms with E-state index in [0.29, 0.717) is 16.3 Å². The van der Waals surface area contributed by atoms with Gasteiger partial charge in [0.2, 0.25) is 0 Å². The number of hydrogen-bond donors (Lipinski definition) is 2. The lowest BCUT2D eigenvalue weighted by molar-refractivity contribution is 0.106. The summed E-state index contributed by atoms with van der Waals surface area (Å²) in [5, 5.41) is 24.9. The maximum Gasteiger partial charge on any atom is 0.186 e. The zero-order valence-electron chi connectivity index (χ0n) is 14.9. The Bertz CT molecular complexity index is 1330. The smallest absolute Gasteiger partial charge is 0.186 e. The molecule has 0 saturated heterocycles. The molecule has 0 aliphatic carbocycles. The van der Waals surface area contributed by atoms with Gasteiger partial charge in [-0.15, -0.1) is 0 Å². The largest absolute Gasteiger partial charge is 0.508 e. The molecule has 132 valence electrons. The molecule has 0 atom stereocenters. The van der Waals surface area contributed by atoms with Crippen molar-refractivity contribution >= 4 is 40.0 Å². The van der Waals surface area contributed by atoms with E-state index in [4.69, 9.17) is 0 Å². The number of phenols is 2. The van der Waals surface area contributed by atoms with Crippen LogP contribution in [0.15, 0.2) is 60.7 Å². The van der Waals surface area contributed by atoms with Gasteiger partial charge in [0.15, 0.2) is 5.78 Å². The zero-order valence-corrected chi connectivity index (χ0v) is 14.9. The maximum atomic E-state index is 12.8. The van der Waals surface area contributed by atoms with Crippen LogP contribution >= 0.6 is 0 Å². The van der Waals surface area contributed by atoms with Gasteiger partial charge < -0.3 is 10.2 Å². The summed E-state index contributed by atoms with van der Waals surface area (Å²) in [6, 6.07) is 17.6. The molecule has 27 heavy (non-hydrogen) atoms. The van der Waals surface area contributed by atoms with Gasteiger partial charge in [-0.05, 0) is 51.9 Å². The third kappa shape index (κ3) is 2.74. The van der Waals surface area contributed by atoms with Crippen molar-refractivity contribution < 1.29 is 15.0 Å². The van der Waals surface area contributed by atoms with Crippen LogP contribution < -0.4 is 10.4 Å². The average molecular weight is 354 g/mol. The van der Waals surface area contributed by atoms with Crippen LogP contribution in [0.4, 0.5) is 0 Å². The summed E-state index contributed by atoms with van der Waals surface area (Å²) >= 11 is 0. The quantitative estimate of drug-likeness (QED) is 0.425. The topological polar surface area (TPSA) is 57.5 Å². The van der Waals surface area contributed by atoms with Crippen molar-refractivity contribution in [3.63, 3.8) is 0 Å². The summed E-state index contributed by atoms with van der Waals surface area (Å²) in [6.07, 6.45) is 1.56. The fraction of sp³-hybridized carbons (Fsp3) is 0.0417. The molecule has 0 spiro atoms. The second-order valence-electron chi connectivity index (χ2n) is 6.65. The van der Waals surface area contributed by atoms with E-state index in [1.165, 1.54) is 12.1 Å². The molecule has 0 heterocycles. The average Bonchev–Trinajstić information content (AvgIpc) is 2.67. The molecule has 4 aromatic carbocycles. The Labute approximate surface area is 156 Å². The first-order valence-corrected chi connectivity index (χ1v) is 8.64. The zero-order chi connectivity index (χ0) is 19.1. The predicted molar refractivity (Wildman–Crippen MR) is 110 cm³/mol. The molecule has 0 unspecified atom stereocenters. The second-order valence-corrected chi connectivity index (χ2v) is 6.65. The van der Waals surface area contributed by atoms with Crippen molar-refractivity contribution in [3.05, 3.63) is 82.2 Å². The molecule has 0 aliphatic rings. The highest BCUT2D eigenvalue weighted by Gasteiger charge is 2.12. The maximum absolute atomic E-state index is 12.8. The second kappa shape index (κ2) is 6.29. The molecule has 3 heteroatoms. The summed E-state index contributed by atoms with van der Waals surface area (Å²) in [4.78, 5) is 12.8. The minimum atomic E-state index is -0.214. The standard InChI is InChI=1S/C24H18O3/c1-14-10-11-19-21(13-22(26)16-6-5-7-17(25)12-16)18-8-3-4-9-20(18)24(27)23(19)15(14)2/h3-13,25,27H,2H2,1H3. The number of hydrogen-bond acceptors (Lipinski definition) is 3. The van der Waals surface area contributed by atoms with Gasteiger partial charge in [0.05, 0.1) is 0 Å². The highest BCUT2D eigenvalue weighted by Crippen LogP contribution is 2.29. The first-order valence-electron chi connectivity index (χ1n) is 8.64. The van der Waals surface area contributed by atoms with Crippen molar-refractivity contribution in [1.29, 1.82) is 0 Å². The van der Waals surface area contributed by atoms with E-state index in [0.717, 1.165) is 26.8 Å². The number of rotatable bonds is 2. The van der Waals surface area contributed by atoms with Crippen molar-refractivity contribution in [2.75, 3.05) is 0 Å². The molecule has 0 fully saturated rings. The van der Waals surface area contributed by atoms with E-state index in [-0.39, 0.29) is 17.3 Å². The van der Waals surface area contributed by atoms with E-state index in [1.807, 2.05) is 43.3 Å². The number of fused-ring (bicyclic) bond motifs is 2. The summed E-state index contributed by atoms with van der Waals surface area (Å²) in [5.74, 6) is 0.0100. The van der Waals surface area contributed by atoms with Crippen LogP contribution in [0.1, 0.15) is 15.9 Å². The number of carbonyl (C=O) groups excluding carboxylic acids is 1. The Hall–Kier alpha value is -3.59. The van der Waals surface area contributed by atoms with E-state index in [1.54, 1.807) is 18.2 Å². The Balaban J connectivity index is 2.15. The molecule has 0 radical (unpaired) electrons. The number of ketones is 1. The lowest BCUT2D eigenvalue weighted by Gasteiger charge is -2.10. The lowest BCUT2D eigenvalue weighted by atomic mass is 9.95. The third-order valence-electron chi connectivity index (χ3n) is 4.95. The highest BCUT2D eigenvalue weighted by atomic mass is 16.3. The number of aromatic hydroxyl groups is 2. The molecule has 4 rings (SSSR count). The van der Waals surface area contributed by atoms with Crippen molar-refractivity contribution in [3.8, 4) is 11.5 Å². The summed E-state index contributed by atoms with van der Waals surface area (Å²) in [5.41, 5.74) is 1.38. The van der Waals surface area contributed by atoms with Crippen LogP contribution in [0, 0.1) is 6.92 Å². The first-order chi connectivity index (χ1) is 13.0. The van der Waals surface area contributed by atoms with Gasteiger partial charge in [-0.25, -0.2) is 0 Å². The number of phenolic OH excluding ortho intramolecular Hbond substituents is 2. The van der Waals surface area contributed by atoms with Crippen LogP contribution in [0.25, 0.3) is 34.2 Å². The number of benzene rings is 4. The van der Waals surface area contributed by atoms with Gasteiger partial charge in [-0.1, -0.05) is 55.1 Å². The fourth-order valence-corrected chi connectivity index (χ4v) is 3.48. The summed E-state index contributed by atoms with van der Waals surface area (Å²) in [7, 11) is 0. The Morgan fingerprint density at radius 3 is 2.41 bits per heavy atom. The van der Waals surface area contributed by atoms with E-state index < -0.39 is 0 Å². The van der Waals surface area contributed by atoms with Crippen molar-refractivity contribution in [2.24, 2.45) is 0 Å². The van der Waals surface area contributed by atoms with Gasteiger partial charge in [0.1, 0.15) is 11.5 Å². The molecule has 0 aliphatic heterocycles. The van der Waals surface area contributed by atoms with Crippen LogP contribution in [-0.4, -0.2) is 16.0 Å². The molecule has 0 bridgehead atoms. The van der Waals surface area contributed by atoms with Crippen LogP contribution in [-0.2, 0) is 0 Å². The molecule has 0 amide bonds. The highest BCUT2D eigenvalue weighted by molar-refractivity contribution is 6.20. The van der Waals surface area contributed by atoms with Crippen LogP contribution in [0.3, 0.4) is 0 Å². The Morgan fingerprint density at radius 1 is 0.926 bits per heavy atom. The number of Topliss-reactive ketones (excluding diaryl/α,β-unsaturated/α-hetero) is 1. The molecule has 2 N–H and O–H groups in total. The SMILES string of the molecule is C=c1c(C)ccc2c(=CC(=O)c3cccc(O)c3)c3ccccc3c(O)c12. The van der Waals surface area contributed by atoms with Crippen LogP contribution in [0.5, 0.6) is 11.5 Å².